The van der Waals surface area contributed by atoms with E-state index in [0.29, 0.717) is 15.2 Å². The van der Waals surface area contributed by atoms with Crippen molar-refractivity contribution in [3.05, 3.63) is 44.4 Å². The van der Waals surface area contributed by atoms with Gasteiger partial charge in [-0.05, 0) is 34.1 Å². The Morgan fingerprint density at radius 1 is 1.40 bits per heavy atom. The van der Waals surface area contributed by atoms with E-state index in [1.165, 1.54) is 15.7 Å². The molecule has 1 aromatic carbocycles. The van der Waals surface area contributed by atoms with Crippen molar-refractivity contribution in [1.82, 2.24) is 9.38 Å². The van der Waals surface area contributed by atoms with Crippen molar-refractivity contribution >= 4 is 54.1 Å². The third kappa shape index (κ3) is 2.34. The summed E-state index contributed by atoms with van der Waals surface area (Å²) in [6, 6.07) is 5.35. The lowest BCUT2D eigenvalue weighted by Gasteiger charge is -2.06. The van der Waals surface area contributed by atoms with Gasteiger partial charge in [0, 0.05) is 16.0 Å². The number of carbonyl (C=O) groups is 1. The van der Waals surface area contributed by atoms with Gasteiger partial charge in [0.2, 0.25) is 0 Å². The summed E-state index contributed by atoms with van der Waals surface area (Å²) >= 11 is 8.06. The van der Waals surface area contributed by atoms with Crippen molar-refractivity contribution in [3.8, 4) is 11.6 Å². The number of ether oxygens (including phenoxy) is 1. The first-order chi connectivity index (χ1) is 9.56. The maximum Gasteiger partial charge on any atom is 0.358 e. The van der Waals surface area contributed by atoms with Crippen LogP contribution in [-0.2, 0) is 0 Å². The smallest absolute Gasteiger partial charge is 0.358 e. The Hall–Kier alpha value is -1.38. The van der Waals surface area contributed by atoms with Gasteiger partial charge in [0.05, 0.1) is 4.47 Å². The molecule has 0 aliphatic rings. The minimum absolute atomic E-state index is 0.0102. The number of imidazole rings is 1. The van der Waals surface area contributed by atoms with Crippen molar-refractivity contribution in [2.75, 3.05) is 0 Å². The lowest BCUT2D eigenvalue weighted by molar-refractivity contribution is 0.0686. The molecule has 3 rings (SSSR count). The molecule has 1 N–H and O–H groups in total. The number of rotatable bonds is 3. The van der Waals surface area contributed by atoms with Gasteiger partial charge < -0.3 is 9.84 Å². The van der Waals surface area contributed by atoms with Gasteiger partial charge in [-0.1, -0.05) is 15.9 Å². The molecule has 0 radical (unpaired) electrons. The lowest BCUT2D eigenvalue weighted by atomic mass is 10.3. The first kappa shape index (κ1) is 13.6. The average Bonchev–Trinajstić information content (AvgIpc) is 2.91. The molecule has 0 aliphatic carbocycles. The van der Waals surface area contributed by atoms with Crippen LogP contribution < -0.4 is 4.74 Å². The van der Waals surface area contributed by atoms with Crippen LogP contribution in [-0.4, -0.2) is 20.5 Å². The Kier molecular flexibility index (Phi) is 3.53. The van der Waals surface area contributed by atoms with Gasteiger partial charge in [-0.3, -0.25) is 4.40 Å². The Morgan fingerprint density at radius 3 is 2.90 bits per heavy atom. The zero-order chi connectivity index (χ0) is 14.3. The summed E-state index contributed by atoms with van der Waals surface area (Å²) in [5.74, 6) is -0.507. The molecule has 0 aliphatic heterocycles. The standard InChI is InChI=1S/C12H6Br2N2O3S/c13-6-1-2-8(7(14)5-6)19-10-9(11(17)18)16-3-4-20-12(16)15-10/h1-5H,(H,17,18). The number of carboxylic acid groups (broad SMARTS) is 1. The highest BCUT2D eigenvalue weighted by Crippen LogP contribution is 2.34. The lowest BCUT2D eigenvalue weighted by Crippen LogP contribution is -2.02. The van der Waals surface area contributed by atoms with Crippen LogP contribution >= 0.6 is 43.2 Å². The molecule has 8 heteroatoms. The highest BCUT2D eigenvalue weighted by atomic mass is 79.9. The highest BCUT2D eigenvalue weighted by Gasteiger charge is 2.22. The van der Waals surface area contributed by atoms with Gasteiger partial charge >= 0.3 is 5.97 Å². The van der Waals surface area contributed by atoms with Gasteiger partial charge in [0.25, 0.3) is 5.88 Å². The normalized spacial score (nSPS) is 10.9. The SMILES string of the molecule is O=C(O)c1c(Oc2ccc(Br)cc2Br)nc2sccn12. The molecule has 0 fully saturated rings. The number of thiazole rings is 1. The van der Waals surface area contributed by atoms with Crippen molar-refractivity contribution < 1.29 is 14.6 Å². The van der Waals surface area contributed by atoms with Crippen LogP contribution in [0.2, 0.25) is 0 Å². The Bertz CT molecular complexity index is 812. The molecule has 2 aromatic heterocycles. The molecule has 0 atom stereocenters. The minimum Gasteiger partial charge on any atom is -0.476 e. The molecular formula is C12H6Br2N2O3S. The highest BCUT2D eigenvalue weighted by molar-refractivity contribution is 9.11. The van der Waals surface area contributed by atoms with Gasteiger partial charge in [0.15, 0.2) is 10.7 Å². The summed E-state index contributed by atoms with van der Waals surface area (Å²) in [5, 5.41) is 11.1. The minimum atomic E-state index is -1.08. The molecule has 5 nitrogen and oxygen atoms in total. The molecule has 20 heavy (non-hydrogen) atoms. The van der Waals surface area contributed by atoms with E-state index in [1.54, 1.807) is 23.7 Å². The van der Waals surface area contributed by atoms with Gasteiger partial charge in [0.1, 0.15) is 5.75 Å². The van der Waals surface area contributed by atoms with E-state index in [1.807, 2.05) is 6.07 Å². The fraction of sp³-hybridized carbons (Fsp3) is 0. The van der Waals surface area contributed by atoms with Gasteiger partial charge in [-0.15, -0.1) is 11.3 Å². The number of aromatic carboxylic acids is 1. The predicted octanol–water partition coefficient (Wildman–Crippen LogP) is 4.41. The molecule has 2 heterocycles. The van der Waals surface area contributed by atoms with E-state index in [2.05, 4.69) is 36.8 Å². The summed E-state index contributed by atoms with van der Waals surface area (Å²) < 4.78 is 8.72. The molecule has 0 unspecified atom stereocenters. The fourth-order valence-corrected chi connectivity index (χ4v) is 3.53. The van der Waals surface area contributed by atoms with Crippen molar-refractivity contribution in [2.24, 2.45) is 0 Å². The number of nitrogens with zero attached hydrogens (tertiary/aromatic N) is 2. The summed E-state index contributed by atoms with van der Waals surface area (Å²) in [5.41, 5.74) is 0.0102. The van der Waals surface area contributed by atoms with Crippen molar-refractivity contribution in [1.29, 1.82) is 0 Å². The van der Waals surface area contributed by atoms with Crippen LogP contribution in [0.15, 0.2) is 38.7 Å². The second-order valence-corrected chi connectivity index (χ2v) is 6.45. The molecule has 0 bridgehead atoms. The molecule has 0 saturated heterocycles. The van der Waals surface area contributed by atoms with Gasteiger partial charge in [-0.25, -0.2) is 4.79 Å². The van der Waals surface area contributed by atoms with E-state index in [-0.39, 0.29) is 11.6 Å². The number of hydrogen-bond donors (Lipinski definition) is 1. The van der Waals surface area contributed by atoms with Gasteiger partial charge in [-0.2, -0.15) is 4.98 Å². The molecule has 0 amide bonds. The average molecular weight is 418 g/mol. The van der Waals surface area contributed by atoms with E-state index in [4.69, 9.17) is 4.74 Å². The molecule has 3 aromatic rings. The Morgan fingerprint density at radius 2 is 2.20 bits per heavy atom. The number of hydrogen-bond acceptors (Lipinski definition) is 4. The van der Waals surface area contributed by atoms with Crippen LogP contribution in [0.25, 0.3) is 4.96 Å². The Balaban J connectivity index is 2.08. The second kappa shape index (κ2) is 5.19. The molecular weight excluding hydrogens is 412 g/mol. The summed E-state index contributed by atoms with van der Waals surface area (Å²) in [4.78, 5) is 16.1. The third-order valence-corrected chi connectivity index (χ3v) is 4.40. The first-order valence-electron chi connectivity index (χ1n) is 5.38. The van der Waals surface area contributed by atoms with Crippen molar-refractivity contribution in [3.63, 3.8) is 0 Å². The third-order valence-electron chi connectivity index (χ3n) is 2.53. The molecule has 102 valence electrons. The van der Waals surface area contributed by atoms with E-state index in [0.717, 1.165) is 4.47 Å². The summed E-state index contributed by atoms with van der Waals surface area (Å²) in [6.45, 7) is 0. The van der Waals surface area contributed by atoms with E-state index < -0.39 is 5.97 Å². The monoisotopic (exact) mass is 416 g/mol. The van der Waals surface area contributed by atoms with Crippen LogP contribution in [0.5, 0.6) is 11.6 Å². The maximum absolute atomic E-state index is 11.4. The maximum atomic E-state index is 11.4. The van der Waals surface area contributed by atoms with Crippen LogP contribution in [0.4, 0.5) is 0 Å². The number of fused-ring (bicyclic) bond motifs is 1. The second-order valence-electron chi connectivity index (χ2n) is 3.80. The first-order valence-corrected chi connectivity index (χ1v) is 7.84. The fourth-order valence-electron chi connectivity index (χ4n) is 1.69. The van der Waals surface area contributed by atoms with Crippen molar-refractivity contribution in [2.45, 2.75) is 0 Å². The van der Waals surface area contributed by atoms with Crippen LogP contribution in [0.3, 0.4) is 0 Å². The van der Waals surface area contributed by atoms with Crippen LogP contribution in [0, 0.1) is 0 Å². The Labute approximate surface area is 134 Å². The van der Waals surface area contributed by atoms with Crippen LogP contribution in [0.1, 0.15) is 10.5 Å². The van der Waals surface area contributed by atoms with E-state index >= 15 is 0 Å². The number of aromatic nitrogens is 2. The zero-order valence-electron chi connectivity index (χ0n) is 9.71. The molecule has 0 saturated carbocycles. The quantitative estimate of drug-likeness (QED) is 0.685. The summed E-state index contributed by atoms with van der Waals surface area (Å²) in [7, 11) is 0. The zero-order valence-corrected chi connectivity index (χ0v) is 13.7. The molecule has 0 spiro atoms. The number of carboxylic acids is 1. The number of halogens is 2. The summed E-state index contributed by atoms with van der Waals surface area (Å²) in [6.07, 6.45) is 1.65. The topological polar surface area (TPSA) is 63.8 Å². The largest absolute Gasteiger partial charge is 0.476 e. The predicted molar refractivity (Wildman–Crippen MR) is 81.9 cm³/mol. The van der Waals surface area contributed by atoms with E-state index in [9.17, 15) is 9.90 Å². The number of benzene rings is 1.